The van der Waals surface area contributed by atoms with Crippen molar-refractivity contribution in [3.05, 3.63) is 28.3 Å². The molecular formula is C15H21NO4S. The van der Waals surface area contributed by atoms with E-state index in [4.69, 9.17) is 5.11 Å². The molecule has 2 unspecified atom stereocenters. The molecule has 21 heavy (non-hydrogen) atoms. The van der Waals surface area contributed by atoms with Crippen LogP contribution in [0.1, 0.15) is 35.6 Å². The van der Waals surface area contributed by atoms with E-state index in [1.165, 1.54) is 0 Å². The molecule has 1 fully saturated rings. The maximum atomic E-state index is 12.6. The molecule has 2 rings (SSSR count). The first-order valence-corrected chi connectivity index (χ1v) is 8.45. The van der Waals surface area contributed by atoms with Gasteiger partial charge in [0.15, 0.2) is 0 Å². The van der Waals surface area contributed by atoms with Crippen LogP contribution in [0.5, 0.6) is 0 Å². The lowest BCUT2D eigenvalue weighted by Gasteiger charge is -2.17. The number of carboxylic acids is 1. The number of benzene rings is 1. The van der Waals surface area contributed by atoms with Gasteiger partial charge in [-0.2, -0.15) is 0 Å². The molecule has 0 amide bonds. The van der Waals surface area contributed by atoms with Gasteiger partial charge in [-0.05, 0) is 55.4 Å². The van der Waals surface area contributed by atoms with Crippen LogP contribution in [-0.4, -0.2) is 25.5 Å². The van der Waals surface area contributed by atoms with Crippen molar-refractivity contribution in [2.24, 2.45) is 5.92 Å². The standard InChI is InChI=1S/C15H21NO4S/c1-8-5-10(3)15(11(4)12(8)7-14(17)18)21(19,20)16-13-6-9(13)2/h5,9,13,16H,6-7H2,1-4H3,(H,17,18). The largest absolute Gasteiger partial charge is 0.481 e. The van der Waals surface area contributed by atoms with Crippen LogP contribution in [0.2, 0.25) is 0 Å². The Balaban J connectivity index is 2.50. The Labute approximate surface area is 125 Å². The third kappa shape index (κ3) is 3.27. The molecule has 116 valence electrons. The first kappa shape index (κ1) is 16.0. The summed E-state index contributed by atoms with van der Waals surface area (Å²) < 4.78 is 27.8. The summed E-state index contributed by atoms with van der Waals surface area (Å²) in [5.41, 5.74) is 2.58. The molecule has 1 aromatic rings. The van der Waals surface area contributed by atoms with Gasteiger partial charge in [-0.1, -0.05) is 13.0 Å². The third-order valence-electron chi connectivity index (χ3n) is 4.07. The van der Waals surface area contributed by atoms with Gasteiger partial charge in [0, 0.05) is 6.04 Å². The van der Waals surface area contributed by atoms with Crippen LogP contribution in [0.4, 0.5) is 0 Å². The predicted octanol–water partition coefficient (Wildman–Crippen LogP) is 1.93. The van der Waals surface area contributed by atoms with E-state index in [-0.39, 0.29) is 17.4 Å². The maximum Gasteiger partial charge on any atom is 0.307 e. The fourth-order valence-corrected chi connectivity index (χ4v) is 4.64. The van der Waals surface area contributed by atoms with E-state index < -0.39 is 16.0 Å². The van der Waals surface area contributed by atoms with Crippen molar-refractivity contribution < 1.29 is 18.3 Å². The molecule has 0 aromatic heterocycles. The normalized spacial score (nSPS) is 21.3. The number of sulfonamides is 1. The number of carbonyl (C=O) groups is 1. The van der Waals surface area contributed by atoms with Crippen molar-refractivity contribution in [2.75, 3.05) is 0 Å². The van der Waals surface area contributed by atoms with E-state index in [9.17, 15) is 13.2 Å². The van der Waals surface area contributed by atoms with Gasteiger partial charge in [-0.25, -0.2) is 13.1 Å². The molecule has 0 radical (unpaired) electrons. The van der Waals surface area contributed by atoms with E-state index in [0.717, 1.165) is 12.0 Å². The lowest BCUT2D eigenvalue weighted by Crippen LogP contribution is -2.28. The van der Waals surface area contributed by atoms with Gasteiger partial charge in [0.2, 0.25) is 10.0 Å². The number of aliphatic carboxylic acids is 1. The number of aryl methyl sites for hydroxylation is 2. The maximum absolute atomic E-state index is 12.6. The van der Waals surface area contributed by atoms with Crippen molar-refractivity contribution in [3.8, 4) is 0 Å². The minimum atomic E-state index is -3.61. The molecule has 2 N–H and O–H groups in total. The Kier molecular flexibility index (Phi) is 4.13. The molecule has 0 spiro atoms. The van der Waals surface area contributed by atoms with Crippen LogP contribution in [0.3, 0.4) is 0 Å². The van der Waals surface area contributed by atoms with E-state index >= 15 is 0 Å². The topological polar surface area (TPSA) is 83.5 Å². The summed E-state index contributed by atoms with van der Waals surface area (Å²) in [7, 11) is -3.61. The number of hydrogen-bond donors (Lipinski definition) is 2. The average molecular weight is 311 g/mol. The molecule has 2 atom stereocenters. The second-order valence-electron chi connectivity index (χ2n) is 5.95. The number of hydrogen-bond acceptors (Lipinski definition) is 3. The van der Waals surface area contributed by atoms with Crippen LogP contribution >= 0.6 is 0 Å². The van der Waals surface area contributed by atoms with E-state index in [0.29, 0.717) is 22.6 Å². The van der Waals surface area contributed by atoms with Gasteiger partial charge in [-0.3, -0.25) is 4.79 Å². The molecule has 0 bridgehead atoms. The van der Waals surface area contributed by atoms with Crippen LogP contribution < -0.4 is 4.72 Å². The van der Waals surface area contributed by atoms with Crippen molar-refractivity contribution in [1.82, 2.24) is 4.72 Å². The molecule has 0 saturated heterocycles. The molecule has 1 aliphatic rings. The third-order valence-corrected chi connectivity index (χ3v) is 5.85. The SMILES string of the molecule is Cc1cc(C)c(S(=O)(=O)NC2CC2C)c(C)c1CC(=O)O. The molecule has 1 saturated carbocycles. The monoisotopic (exact) mass is 311 g/mol. The van der Waals surface area contributed by atoms with Crippen LogP contribution in [0, 0.1) is 26.7 Å². The van der Waals surface area contributed by atoms with E-state index in [2.05, 4.69) is 4.72 Å². The lowest BCUT2D eigenvalue weighted by molar-refractivity contribution is -0.136. The molecule has 1 aromatic carbocycles. The summed E-state index contributed by atoms with van der Waals surface area (Å²) in [6.45, 7) is 7.24. The van der Waals surface area contributed by atoms with Crippen molar-refractivity contribution >= 4 is 16.0 Å². The van der Waals surface area contributed by atoms with Gasteiger partial charge in [0.05, 0.1) is 11.3 Å². The molecule has 0 aliphatic heterocycles. The zero-order chi connectivity index (χ0) is 15.9. The van der Waals surface area contributed by atoms with Crippen LogP contribution in [0.15, 0.2) is 11.0 Å². The second kappa shape index (κ2) is 5.42. The average Bonchev–Trinajstić information content (AvgIpc) is 2.98. The molecule has 5 nitrogen and oxygen atoms in total. The highest BCUT2D eigenvalue weighted by molar-refractivity contribution is 7.89. The summed E-state index contributed by atoms with van der Waals surface area (Å²) in [5, 5.41) is 9.00. The summed E-state index contributed by atoms with van der Waals surface area (Å²) in [5.74, 6) is -0.596. The zero-order valence-corrected chi connectivity index (χ0v) is 13.5. The Morgan fingerprint density at radius 3 is 2.38 bits per heavy atom. The molecular weight excluding hydrogens is 290 g/mol. The number of nitrogens with one attached hydrogen (secondary N) is 1. The summed E-state index contributed by atoms with van der Waals surface area (Å²) >= 11 is 0. The minimum absolute atomic E-state index is 0.00183. The second-order valence-corrected chi connectivity index (χ2v) is 7.61. The summed E-state index contributed by atoms with van der Waals surface area (Å²) in [6, 6.07) is 1.74. The van der Waals surface area contributed by atoms with Gasteiger partial charge in [0.1, 0.15) is 0 Å². The molecule has 1 aliphatic carbocycles. The van der Waals surface area contributed by atoms with Crippen molar-refractivity contribution in [1.29, 1.82) is 0 Å². The smallest absolute Gasteiger partial charge is 0.307 e. The highest BCUT2D eigenvalue weighted by Gasteiger charge is 2.37. The van der Waals surface area contributed by atoms with Gasteiger partial charge in [0.25, 0.3) is 0 Å². The van der Waals surface area contributed by atoms with Gasteiger partial charge < -0.3 is 5.11 Å². The summed E-state index contributed by atoms with van der Waals surface area (Å²) in [4.78, 5) is 11.2. The first-order valence-electron chi connectivity index (χ1n) is 6.97. The predicted molar refractivity (Wildman–Crippen MR) is 79.9 cm³/mol. The van der Waals surface area contributed by atoms with Crippen molar-refractivity contribution in [2.45, 2.75) is 51.5 Å². The fraction of sp³-hybridized carbons (Fsp3) is 0.533. The Morgan fingerprint density at radius 2 is 1.90 bits per heavy atom. The highest BCUT2D eigenvalue weighted by Crippen LogP contribution is 2.33. The Morgan fingerprint density at radius 1 is 1.33 bits per heavy atom. The Hall–Kier alpha value is -1.40. The van der Waals surface area contributed by atoms with E-state index in [1.54, 1.807) is 19.9 Å². The lowest BCUT2D eigenvalue weighted by atomic mass is 9.97. The van der Waals surface area contributed by atoms with E-state index in [1.807, 2.05) is 13.8 Å². The molecule has 0 heterocycles. The minimum Gasteiger partial charge on any atom is -0.481 e. The quantitative estimate of drug-likeness (QED) is 0.870. The van der Waals surface area contributed by atoms with Gasteiger partial charge >= 0.3 is 5.97 Å². The zero-order valence-electron chi connectivity index (χ0n) is 12.7. The van der Waals surface area contributed by atoms with Gasteiger partial charge in [-0.15, -0.1) is 0 Å². The van der Waals surface area contributed by atoms with Crippen LogP contribution in [-0.2, 0) is 21.2 Å². The fourth-order valence-electron chi connectivity index (χ4n) is 2.79. The number of carboxylic acid groups (broad SMARTS) is 1. The first-order chi connectivity index (χ1) is 9.63. The number of rotatable bonds is 5. The van der Waals surface area contributed by atoms with Crippen molar-refractivity contribution in [3.63, 3.8) is 0 Å². The highest BCUT2D eigenvalue weighted by atomic mass is 32.2. The summed E-state index contributed by atoms with van der Waals surface area (Å²) in [6.07, 6.45) is 0.686. The van der Waals surface area contributed by atoms with Crippen LogP contribution in [0.25, 0.3) is 0 Å². The molecule has 6 heteroatoms. The Bertz CT molecular complexity index is 694.